The molecule has 1 saturated carbocycles. The Morgan fingerprint density at radius 3 is 2.36 bits per heavy atom. The second-order valence-corrected chi connectivity index (χ2v) is 5.44. The van der Waals surface area contributed by atoms with E-state index in [-0.39, 0.29) is 23.3 Å². The molecule has 0 aromatic heterocycles. The molecule has 2 nitrogen and oxygen atoms in total. The molecule has 3 heteroatoms. The van der Waals surface area contributed by atoms with Crippen LogP contribution in [0.5, 0.6) is 0 Å². The molecule has 1 unspecified atom stereocenters. The van der Waals surface area contributed by atoms with Gasteiger partial charge in [-0.25, -0.2) is 0 Å². The Balaban J connectivity index is 2.57. The van der Waals surface area contributed by atoms with E-state index in [1.807, 2.05) is 18.7 Å². The maximum absolute atomic E-state index is 12.0. The Kier molecular flexibility index (Phi) is 3.46. The molecule has 0 bridgehead atoms. The molecule has 1 atom stereocenters. The molecule has 0 radical (unpaired) electrons. The van der Waals surface area contributed by atoms with Gasteiger partial charge in [0.25, 0.3) is 0 Å². The first-order valence-electron chi connectivity index (χ1n) is 5.26. The van der Waals surface area contributed by atoms with Gasteiger partial charge >= 0.3 is 0 Å². The first-order valence-corrected chi connectivity index (χ1v) is 5.80. The number of amides is 1. The van der Waals surface area contributed by atoms with Crippen LogP contribution in [-0.2, 0) is 4.79 Å². The van der Waals surface area contributed by atoms with E-state index < -0.39 is 0 Å². The van der Waals surface area contributed by atoms with Gasteiger partial charge in [0.2, 0.25) is 5.91 Å². The van der Waals surface area contributed by atoms with E-state index in [9.17, 15) is 4.79 Å². The third-order valence-electron chi connectivity index (χ3n) is 3.04. The minimum absolute atomic E-state index is 0.219. The lowest BCUT2D eigenvalue weighted by Gasteiger charge is -2.26. The molecule has 0 aromatic carbocycles. The Hall–Kier alpha value is -0.240. The smallest absolute Gasteiger partial charge is 0.226 e. The van der Waals surface area contributed by atoms with Crippen molar-refractivity contribution in [2.24, 2.45) is 11.3 Å². The third-order valence-corrected chi connectivity index (χ3v) is 3.21. The highest BCUT2D eigenvalue weighted by molar-refractivity contribution is 6.18. The molecule has 0 heterocycles. The summed E-state index contributed by atoms with van der Waals surface area (Å²) < 4.78 is 0. The van der Waals surface area contributed by atoms with Crippen molar-refractivity contribution in [3.8, 4) is 0 Å². The van der Waals surface area contributed by atoms with Gasteiger partial charge in [0.1, 0.15) is 0 Å². The fourth-order valence-electron chi connectivity index (χ4n) is 1.80. The van der Waals surface area contributed by atoms with E-state index in [0.717, 1.165) is 6.42 Å². The Labute approximate surface area is 91.6 Å². The SMILES string of the molecule is CC(C)N(CCCl)C(=O)C1CC1(C)C. The summed E-state index contributed by atoms with van der Waals surface area (Å²) in [6, 6.07) is 0.262. The fourth-order valence-corrected chi connectivity index (χ4v) is 1.98. The summed E-state index contributed by atoms with van der Waals surface area (Å²) in [5, 5.41) is 0. The van der Waals surface area contributed by atoms with Gasteiger partial charge in [0.15, 0.2) is 0 Å². The molecule has 1 rings (SSSR count). The molecule has 14 heavy (non-hydrogen) atoms. The van der Waals surface area contributed by atoms with Crippen LogP contribution < -0.4 is 0 Å². The highest BCUT2D eigenvalue weighted by Gasteiger charge is 2.52. The molecular formula is C11H20ClNO. The Morgan fingerprint density at radius 1 is 1.57 bits per heavy atom. The second-order valence-electron chi connectivity index (χ2n) is 5.06. The number of rotatable bonds is 4. The van der Waals surface area contributed by atoms with Crippen LogP contribution >= 0.6 is 11.6 Å². The number of hydrogen-bond donors (Lipinski definition) is 0. The molecule has 1 amide bonds. The molecule has 82 valence electrons. The summed E-state index contributed by atoms with van der Waals surface area (Å²) in [4.78, 5) is 13.9. The summed E-state index contributed by atoms with van der Waals surface area (Å²) >= 11 is 5.69. The maximum Gasteiger partial charge on any atom is 0.226 e. The fraction of sp³-hybridized carbons (Fsp3) is 0.909. The maximum atomic E-state index is 12.0. The van der Waals surface area contributed by atoms with Crippen LogP contribution in [-0.4, -0.2) is 29.3 Å². The highest BCUT2D eigenvalue weighted by Crippen LogP contribution is 2.52. The van der Waals surface area contributed by atoms with Crippen molar-refractivity contribution in [1.29, 1.82) is 0 Å². The molecule has 0 N–H and O–H groups in total. The number of hydrogen-bond acceptors (Lipinski definition) is 1. The zero-order chi connectivity index (χ0) is 10.9. The van der Waals surface area contributed by atoms with Gasteiger partial charge in [-0.3, -0.25) is 4.79 Å². The van der Waals surface area contributed by atoms with Crippen LogP contribution in [0.3, 0.4) is 0 Å². The Morgan fingerprint density at radius 2 is 2.07 bits per heavy atom. The molecule has 0 aliphatic heterocycles. The lowest BCUT2D eigenvalue weighted by Crippen LogP contribution is -2.40. The zero-order valence-corrected chi connectivity index (χ0v) is 10.3. The van der Waals surface area contributed by atoms with Crippen molar-refractivity contribution in [3.63, 3.8) is 0 Å². The van der Waals surface area contributed by atoms with E-state index in [2.05, 4.69) is 13.8 Å². The lowest BCUT2D eigenvalue weighted by atomic mass is 10.1. The molecule has 0 spiro atoms. The predicted molar refractivity (Wildman–Crippen MR) is 59.5 cm³/mol. The van der Waals surface area contributed by atoms with Crippen molar-refractivity contribution in [2.75, 3.05) is 12.4 Å². The first kappa shape index (κ1) is 11.8. The summed E-state index contributed by atoms with van der Waals surface area (Å²) in [6.45, 7) is 9.05. The molecule has 0 aromatic rings. The van der Waals surface area contributed by atoms with Gasteiger partial charge in [-0.2, -0.15) is 0 Å². The van der Waals surface area contributed by atoms with Gasteiger partial charge in [0.05, 0.1) is 0 Å². The van der Waals surface area contributed by atoms with Crippen LogP contribution in [0, 0.1) is 11.3 Å². The number of carbonyl (C=O) groups is 1. The summed E-state index contributed by atoms with van der Waals surface area (Å²) in [5.74, 6) is 1.04. The van der Waals surface area contributed by atoms with Gasteiger partial charge in [-0.05, 0) is 25.7 Å². The van der Waals surface area contributed by atoms with E-state index in [0.29, 0.717) is 12.4 Å². The third kappa shape index (κ3) is 2.41. The zero-order valence-electron chi connectivity index (χ0n) is 9.51. The van der Waals surface area contributed by atoms with Crippen LogP contribution in [0.15, 0.2) is 0 Å². The van der Waals surface area contributed by atoms with Crippen molar-refractivity contribution in [3.05, 3.63) is 0 Å². The van der Waals surface area contributed by atoms with E-state index >= 15 is 0 Å². The first-order chi connectivity index (χ1) is 6.40. The normalized spacial score (nSPS) is 23.7. The van der Waals surface area contributed by atoms with E-state index in [4.69, 9.17) is 11.6 Å². The number of nitrogens with zero attached hydrogens (tertiary/aromatic N) is 1. The van der Waals surface area contributed by atoms with Crippen molar-refractivity contribution in [1.82, 2.24) is 4.90 Å². The van der Waals surface area contributed by atoms with Crippen LogP contribution in [0.1, 0.15) is 34.1 Å². The summed E-state index contributed by atoms with van der Waals surface area (Å²) in [5.41, 5.74) is 0.219. The Bertz CT molecular complexity index is 225. The molecule has 1 fully saturated rings. The number of alkyl halides is 1. The molecular weight excluding hydrogens is 198 g/mol. The number of halogens is 1. The van der Waals surface area contributed by atoms with Crippen LogP contribution in [0.25, 0.3) is 0 Å². The second kappa shape index (κ2) is 4.09. The lowest BCUT2D eigenvalue weighted by molar-refractivity contribution is -0.134. The van der Waals surface area contributed by atoms with E-state index in [1.165, 1.54) is 0 Å². The van der Waals surface area contributed by atoms with Gasteiger partial charge in [0, 0.05) is 24.4 Å². The largest absolute Gasteiger partial charge is 0.339 e. The monoisotopic (exact) mass is 217 g/mol. The quantitative estimate of drug-likeness (QED) is 0.663. The topological polar surface area (TPSA) is 20.3 Å². The van der Waals surface area contributed by atoms with Crippen LogP contribution in [0.4, 0.5) is 0 Å². The minimum Gasteiger partial charge on any atom is -0.339 e. The van der Waals surface area contributed by atoms with E-state index in [1.54, 1.807) is 0 Å². The summed E-state index contributed by atoms with van der Waals surface area (Å²) in [6.07, 6.45) is 1.03. The minimum atomic E-state index is 0.219. The van der Waals surface area contributed by atoms with Crippen molar-refractivity contribution < 1.29 is 4.79 Å². The van der Waals surface area contributed by atoms with Gasteiger partial charge < -0.3 is 4.90 Å². The molecule has 0 saturated heterocycles. The number of carbonyl (C=O) groups excluding carboxylic acids is 1. The van der Waals surface area contributed by atoms with Crippen molar-refractivity contribution >= 4 is 17.5 Å². The average molecular weight is 218 g/mol. The van der Waals surface area contributed by atoms with Crippen LogP contribution in [0.2, 0.25) is 0 Å². The highest BCUT2D eigenvalue weighted by atomic mass is 35.5. The molecule has 1 aliphatic rings. The average Bonchev–Trinajstić information content (AvgIpc) is 2.69. The van der Waals surface area contributed by atoms with Crippen molar-refractivity contribution in [2.45, 2.75) is 40.2 Å². The summed E-state index contributed by atoms with van der Waals surface area (Å²) in [7, 11) is 0. The standard InChI is InChI=1S/C11H20ClNO/c1-8(2)13(6-5-12)10(14)9-7-11(9,3)4/h8-9H,5-7H2,1-4H3. The van der Waals surface area contributed by atoms with Gasteiger partial charge in [-0.15, -0.1) is 11.6 Å². The predicted octanol–water partition coefficient (Wildman–Crippen LogP) is 2.51. The molecule has 1 aliphatic carbocycles. The van der Waals surface area contributed by atoms with Gasteiger partial charge in [-0.1, -0.05) is 13.8 Å².